The second-order valence-electron chi connectivity index (χ2n) is 3.37. The smallest absolute Gasteiger partial charge is 0.436 e. The van der Waals surface area contributed by atoms with Gasteiger partial charge in [-0.1, -0.05) is 0 Å². The number of rotatable bonds is 3. The average Bonchev–Trinajstić information content (AvgIpc) is 2.37. The zero-order valence-electron chi connectivity index (χ0n) is 10.1. The molecule has 0 aliphatic carbocycles. The molecule has 1 rings (SSSR count). The van der Waals surface area contributed by atoms with E-state index in [-0.39, 0.29) is 68.9 Å². The summed E-state index contributed by atoms with van der Waals surface area (Å²) in [5.41, 5.74) is 0. The van der Waals surface area contributed by atoms with E-state index in [0.29, 0.717) is 0 Å². The van der Waals surface area contributed by atoms with Crippen LogP contribution >= 0.6 is 0 Å². The molecule has 0 aliphatic rings. The quantitative estimate of drug-likeness (QED) is 0.298. The summed E-state index contributed by atoms with van der Waals surface area (Å²) in [6, 6.07) is -3.90. The first-order valence-corrected chi connectivity index (χ1v) is 4.50. The SMILES string of the molecule is O=C(F)C(F)(Oc1c(F)c(F)c(F)c(F)c1F)C(F)(F)F.[Cs]. The molecule has 1 radical (unpaired) electrons. The van der Waals surface area contributed by atoms with Crippen molar-refractivity contribution in [3.63, 3.8) is 0 Å². The van der Waals surface area contributed by atoms with Gasteiger partial charge in [-0.2, -0.15) is 30.7 Å². The van der Waals surface area contributed by atoms with Gasteiger partial charge < -0.3 is 4.74 Å². The summed E-state index contributed by atoms with van der Waals surface area (Å²) in [6.45, 7) is 0. The van der Waals surface area contributed by atoms with Gasteiger partial charge in [0.1, 0.15) is 0 Å². The summed E-state index contributed by atoms with van der Waals surface area (Å²) in [7, 11) is 0. The molecule has 0 N–H and O–H groups in total. The zero-order chi connectivity index (χ0) is 16.7. The number of carbonyl (C=O) groups excluding carboxylic acids is 1. The zero-order valence-corrected chi connectivity index (χ0v) is 16.4. The van der Waals surface area contributed by atoms with Crippen LogP contribution in [0.4, 0.5) is 43.9 Å². The molecule has 0 amide bonds. The maximum Gasteiger partial charge on any atom is 0.471 e. The maximum absolute atomic E-state index is 13.1. The van der Waals surface area contributed by atoms with Gasteiger partial charge in [0, 0.05) is 68.9 Å². The average molecular weight is 463 g/mol. The molecule has 0 saturated heterocycles. The molecule has 1 aromatic rings. The van der Waals surface area contributed by atoms with Crippen LogP contribution in [0.15, 0.2) is 0 Å². The Morgan fingerprint density at radius 1 is 0.773 bits per heavy atom. The van der Waals surface area contributed by atoms with E-state index in [1.165, 1.54) is 0 Å². The van der Waals surface area contributed by atoms with Gasteiger partial charge in [0.2, 0.25) is 34.8 Å². The Hall–Kier alpha value is 0.0419. The van der Waals surface area contributed by atoms with Crippen LogP contribution in [-0.2, 0) is 4.79 Å². The second kappa shape index (κ2) is 7.29. The van der Waals surface area contributed by atoms with Crippen LogP contribution in [0.2, 0.25) is 0 Å². The molecule has 0 aliphatic heterocycles. The maximum atomic E-state index is 13.1. The van der Waals surface area contributed by atoms with Crippen molar-refractivity contribution in [2.75, 3.05) is 0 Å². The van der Waals surface area contributed by atoms with E-state index in [4.69, 9.17) is 0 Å². The van der Waals surface area contributed by atoms with Gasteiger partial charge in [0.25, 0.3) is 0 Å². The van der Waals surface area contributed by atoms with Crippen LogP contribution in [-0.4, -0.2) is 87.0 Å². The van der Waals surface area contributed by atoms with E-state index in [9.17, 15) is 48.7 Å². The Morgan fingerprint density at radius 3 is 1.36 bits per heavy atom. The van der Waals surface area contributed by atoms with Crippen molar-refractivity contribution in [2.45, 2.75) is 12.0 Å². The number of carbonyl (C=O) groups is 1. The first kappa shape index (κ1) is 22.0. The molecule has 1 aromatic carbocycles. The Bertz CT molecular complexity index is 572. The molecular formula is C9CsF10O2. The fraction of sp³-hybridized carbons (Fsp3) is 0.222. The molecule has 13 heteroatoms. The molecule has 119 valence electrons. The molecule has 1 unspecified atom stereocenters. The predicted octanol–water partition coefficient (Wildman–Crippen LogP) is 3.10. The van der Waals surface area contributed by atoms with Gasteiger partial charge in [-0.3, -0.25) is 4.79 Å². The van der Waals surface area contributed by atoms with Crippen molar-refractivity contribution in [2.24, 2.45) is 0 Å². The van der Waals surface area contributed by atoms with Crippen molar-refractivity contribution in [1.82, 2.24) is 0 Å². The second-order valence-corrected chi connectivity index (χ2v) is 3.37. The number of halogens is 10. The third kappa shape index (κ3) is 3.75. The number of hydrogen-bond acceptors (Lipinski definition) is 2. The monoisotopic (exact) mass is 463 g/mol. The Labute approximate surface area is 173 Å². The van der Waals surface area contributed by atoms with Crippen LogP contribution < -0.4 is 4.74 Å². The number of hydrogen-bond donors (Lipinski definition) is 0. The van der Waals surface area contributed by atoms with Crippen LogP contribution in [0.1, 0.15) is 0 Å². The van der Waals surface area contributed by atoms with Gasteiger partial charge in [0.05, 0.1) is 0 Å². The van der Waals surface area contributed by atoms with Crippen LogP contribution in [0.25, 0.3) is 0 Å². The largest absolute Gasteiger partial charge is 0.471 e. The summed E-state index contributed by atoms with van der Waals surface area (Å²) in [6.07, 6.45) is -6.49. The van der Waals surface area contributed by atoms with E-state index in [1.54, 1.807) is 0 Å². The Balaban J connectivity index is 0.00000441. The van der Waals surface area contributed by atoms with E-state index in [2.05, 4.69) is 4.74 Å². The van der Waals surface area contributed by atoms with Crippen molar-refractivity contribution >= 4 is 74.9 Å². The molecule has 0 bridgehead atoms. The molecule has 1 atom stereocenters. The van der Waals surface area contributed by atoms with Crippen molar-refractivity contribution < 1.29 is 53.4 Å². The molecular weight excluding hydrogens is 463 g/mol. The summed E-state index contributed by atoms with van der Waals surface area (Å²) in [4.78, 5) is 9.98. The van der Waals surface area contributed by atoms with Gasteiger partial charge >= 0.3 is 18.1 Å². The van der Waals surface area contributed by atoms with Crippen LogP contribution in [0.3, 0.4) is 0 Å². The predicted molar refractivity (Wildman–Crippen MR) is 48.6 cm³/mol. The van der Waals surface area contributed by atoms with Gasteiger partial charge in [-0.05, 0) is 0 Å². The van der Waals surface area contributed by atoms with Gasteiger partial charge in [0.15, 0.2) is 0 Å². The Morgan fingerprint density at radius 2 is 1.09 bits per heavy atom. The summed E-state index contributed by atoms with van der Waals surface area (Å²) >= 11 is 0. The minimum absolute atomic E-state index is 0. The molecule has 0 spiro atoms. The third-order valence-electron chi connectivity index (χ3n) is 2.03. The van der Waals surface area contributed by atoms with E-state index >= 15 is 0 Å². The standard InChI is InChI=1S/C9F10O2.Cs/c10-1-2(11)4(13)6(5(14)3(1)12)21-8(16,7(15)20)9(17,18)19;. The van der Waals surface area contributed by atoms with E-state index < -0.39 is 52.9 Å². The molecule has 0 heterocycles. The fourth-order valence-electron chi connectivity index (χ4n) is 1.02. The van der Waals surface area contributed by atoms with Crippen LogP contribution in [0.5, 0.6) is 5.75 Å². The first-order valence-electron chi connectivity index (χ1n) is 4.50. The van der Waals surface area contributed by atoms with E-state index in [1.807, 2.05) is 0 Å². The van der Waals surface area contributed by atoms with Crippen LogP contribution in [0, 0.1) is 29.1 Å². The first-order chi connectivity index (χ1) is 9.34. The molecule has 0 aromatic heterocycles. The summed E-state index contributed by atoms with van der Waals surface area (Å²) in [5, 5.41) is 0. The molecule has 2 nitrogen and oxygen atoms in total. The minimum atomic E-state index is -6.49. The normalized spacial score (nSPS) is 14.1. The third-order valence-corrected chi connectivity index (χ3v) is 2.03. The molecule has 0 saturated carbocycles. The van der Waals surface area contributed by atoms with Gasteiger partial charge in [-0.25, -0.2) is 13.2 Å². The Kier molecular flexibility index (Phi) is 7.31. The van der Waals surface area contributed by atoms with Crippen molar-refractivity contribution in [1.29, 1.82) is 0 Å². The topological polar surface area (TPSA) is 26.3 Å². The summed E-state index contributed by atoms with van der Waals surface area (Å²) < 4.78 is 128. The molecule has 22 heavy (non-hydrogen) atoms. The van der Waals surface area contributed by atoms with Crippen molar-refractivity contribution in [3.8, 4) is 5.75 Å². The summed E-state index contributed by atoms with van der Waals surface area (Å²) in [5.74, 6) is -23.1. The van der Waals surface area contributed by atoms with E-state index in [0.717, 1.165) is 0 Å². The minimum Gasteiger partial charge on any atom is -0.436 e. The molecule has 0 fully saturated rings. The fourth-order valence-corrected chi connectivity index (χ4v) is 1.02. The van der Waals surface area contributed by atoms with Crippen molar-refractivity contribution in [3.05, 3.63) is 29.1 Å². The number of ether oxygens (including phenoxy) is 1. The number of alkyl halides is 4. The van der Waals surface area contributed by atoms with Gasteiger partial charge in [-0.15, -0.1) is 0 Å². The number of benzene rings is 1.